The molecule has 0 amide bonds. The predicted octanol–water partition coefficient (Wildman–Crippen LogP) is 7.17. The summed E-state index contributed by atoms with van der Waals surface area (Å²) in [6, 6.07) is 23.9. The zero-order valence-corrected chi connectivity index (χ0v) is 26.4. The van der Waals surface area contributed by atoms with Gasteiger partial charge in [-0.15, -0.1) is 0 Å². The van der Waals surface area contributed by atoms with Crippen LogP contribution in [0.15, 0.2) is 89.8 Å². The van der Waals surface area contributed by atoms with E-state index < -0.39 is 25.5 Å². The van der Waals surface area contributed by atoms with Crippen molar-refractivity contribution >= 4 is 27.4 Å². The first-order chi connectivity index (χ1) is 21.6. The van der Waals surface area contributed by atoms with Crippen molar-refractivity contribution in [1.29, 1.82) is 0 Å². The number of ether oxygens (including phenoxy) is 2. The van der Waals surface area contributed by atoms with Crippen molar-refractivity contribution in [3.05, 3.63) is 117 Å². The molecule has 1 saturated carbocycles. The van der Waals surface area contributed by atoms with Crippen LogP contribution in [0.5, 0.6) is 5.75 Å². The molecule has 0 aliphatic heterocycles. The molecule has 5 rings (SSSR count). The number of hydrogen-bond acceptors (Lipinski definition) is 7. The fraction of sp³-hybridized carbons (Fsp3) is 0.286. The molecular weight excluding hydrogens is 592 g/mol. The van der Waals surface area contributed by atoms with Crippen molar-refractivity contribution in [3.8, 4) is 16.9 Å². The number of benzene rings is 4. The number of aryl methyl sites for hydroxylation is 3. The summed E-state index contributed by atoms with van der Waals surface area (Å²) in [4.78, 5) is 22.4. The van der Waals surface area contributed by atoms with Gasteiger partial charge in [0.05, 0.1) is 30.9 Å². The fourth-order valence-electron chi connectivity index (χ4n) is 5.39. The third-order valence-corrected chi connectivity index (χ3v) is 9.75. The first kappa shape index (κ1) is 31.7. The molecule has 0 spiro atoms. The Morgan fingerprint density at radius 3 is 2.27 bits per heavy atom. The number of carbonyl (C=O) groups excluding carboxylic acids is 1. The van der Waals surface area contributed by atoms with Gasteiger partial charge in [0.2, 0.25) is 0 Å². The van der Waals surface area contributed by atoms with Gasteiger partial charge in [-0.2, -0.15) is 0 Å². The normalized spacial score (nSPS) is 12.9. The average molecular weight is 629 g/mol. The Labute approximate surface area is 263 Å². The number of methoxy groups -OCH3 is 1. The molecule has 0 saturated heterocycles. The SMILES string of the molecule is COC(=O)CCc1ccc(N(Cc2cccc(-c3c(C)cc(OCC4CC4)cc3C)c2)S(=O)(=O)c2ccccc2[N+](=O)[O-])cc1. The number of para-hydroxylation sites is 1. The van der Waals surface area contributed by atoms with E-state index in [4.69, 9.17) is 9.47 Å². The van der Waals surface area contributed by atoms with Crippen molar-refractivity contribution < 1.29 is 27.6 Å². The van der Waals surface area contributed by atoms with Crippen molar-refractivity contribution in [2.45, 2.75) is 51.0 Å². The van der Waals surface area contributed by atoms with Crippen LogP contribution in [-0.2, 0) is 32.5 Å². The lowest BCUT2D eigenvalue weighted by Gasteiger charge is -2.25. The van der Waals surface area contributed by atoms with Gasteiger partial charge in [-0.25, -0.2) is 8.42 Å². The van der Waals surface area contributed by atoms with Crippen molar-refractivity contribution in [2.24, 2.45) is 5.92 Å². The maximum atomic E-state index is 14.2. The summed E-state index contributed by atoms with van der Waals surface area (Å²) in [5.41, 5.74) is 5.43. The van der Waals surface area contributed by atoms with Gasteiger partial charge in [-0.3, -0.25) is 19.2 Å². The third-order valence-electron chi connectivity index (χ3n) is 7.93. The number of carbonyl (C=O) groups is 1. The van der Waals surface area contributed by atoms with E-state index >= 15 is 0 Å². The highest BCUT2D eigenvalue weighted by Gasteiger charge is 2.32. The molecule has 0 radical (unpaired) electrons. The predicted molar refractivity (Wildman–Crippen MR) is 173 cm³/mol. The van der Waals surface area contributed by atoms with Crippen molar-refractivity contribution in [3.63, 3.8) is 0 Å². The molecule has 10 heteroatoms. The zero-order chi connectivity index (χ0) is 32.1. The Bertz CT molecular complexity index is 1790. The summed E-state index contributed by atoms with van der Waals surface area (Å²) in [7, 11) is -3.05. The molecule has 0 N–H and O–H groups in total. The van der Waals surface area contributed by atoms with Crippen LogP contribution in [0.1, 0.15) is 41.5 Å². The van der Waals surface area contributed by atoms with Crippen molar-refractivity contribution in [1.82, 2.24) is 0 Å². The Morgan fingerprint density at radius 2 is 1.62 bits per heavy atom. The van der Waals surface area contributed by atoms with Crippen LogP contribution in [0.3, 0.4) is 0 Å². The van der Waals surface area contributed by atoms with Crippen LogP contribution < -0.4 is 9.04 Å². The van der Waals surface area contributed by atoms with Gasteiger partial charge in [0.25, 0.3) is 15.7 Å². The van der Waals surface area contributed by atoms with Crippen LogP contribution in [0.25, 0.3) is 11.1 Å². The molecule has 1 fully saturated rings. The van der Waals surface area contributed by atoms with Crippen LogP contribution in [0, 0.1) is 29.9 Å². The van der Waals surface area contributed by atoms with E-state index in [0.29, 0.717) is 23.6 Å². The van der Waals surface area contributed by atoms with E-state index in [1.165, 1.54) is 48.5 Å². The number of rotatable bonds is 13. The summed E-state index contributed by atoms with van der Waals surface area (Å²) < 4.78 is 40.2. The third kappa shape index (κ3) is 7.51. The highest BCUT2D eigenvalue weighted by Crippen LogP contribution is 2.35. The van der Waals surface area contributed by atoms with Crippen LogP contribution in [-0.4, -0.2) is 33.0 Å². The maximum Gasteiger partial charge on any atom is 0.305 e. The average Bonchev–Trinajstić information content (AvgIpc) is 3.86. The van der Waals surface area contributed by atoms with Crippen LogP contribution >= 0.6 is 0 Å². The van der Waals surface area contributed by atoms with E-state index in [1.54, 1.807) is 24.3 Å². The molecule has 4 aromatic carbocycles. The van der Waals surface area contributed by atoms with Gasteiger partial charge in [0, 0.05) is 12.5 Å². The number of nitrogens with zero attached hydrogens (tertiary/aromatic N) is 2. The molecule has 0 heterocycles. The van der Waals surface area contributed by atoms with Gasteiger partial charge in [0.1, 0.15) is 5.75 Å². The number of nitro benzene ring substituents is 1. The molecule has 45 heavy (non-hydrogen) atoms. The smallest absolute Gasteiger partial charge is 0.305 e. The van der Waals surface area contributed by atoms with Gasteiger partial charge >= 0.3 is 5.97 Å². The Morgan fingerprint density at radius 1 is 0.933 bits per heavy atom. The maximum absolute atomic E-state index is 14.2. The molecule has 4 aromatic rings. The second-order valence-corrected chi connectivity index (χ2v) is 13.2. The van der Waals surface area contributed by atoms with Crippen LogP contribution in [0.2, 0.25) is 0 Å². The molecule has 234 valence electrons. The fourth-order valence-corrected chi connectivity index (χ4v) is 7.00. The molecular formula is C35H36N2O7S. The first-order valence-corrected chi connectivity index (χ1v) is 16.3. The van der Waals surface area contributed by atoms with E-state index in [0.717, 1.165) is 40.2 Å². The standard InChI is InChI=1S/C35H36N2O7S/c1-24-19-31(44-23-27-11-12-27)20-25(2)35(24)29-8-6-7-28(21-29)22-36(30-16-13-26(14-17-30)15-18-34(38)43-3)45(41,42)33-10-5-4-9-32(33)37(39)40/h4-10,13-14,16-17,19-21,27H,11-12,15,18,22-23H2,1-3H3. The molecule has 1 aliphatic rings. The monoisotopic (exact) mass is 628 g/mol. The Kier molecular flexibility index (Phi) is 9.53. The number of hydrogen-bond donors (Lipinski definition) is 0. The number of esters is 1. The zero-order valence-electron chi connectivity index (χ0n) is 25.6. The lowest BCUT2D eigenvalue weighted by Crippen LogP contribution is -2.31. The number of sulfonamides is 1. The van der Waals surface area contributed by atoms with E-state index in [2.05, 4.69) is 0 Å². The second kappa shape index (κ2) is 13.5. The summed E-state index contributed by atoms with van der Waals surface area (Å²) in [5.74, 6) is 1.15. The molecule has 0 atom stereocenters. The summed E-state index contributed by atoms with van der Waals surface area (Å²) in [5, 5.41) is 11.8. The highest BCUT2D eigenvalue weighted by molar-refractivity contribution is 7.93. The van der Waals surface area contributed by atoms with Gasteiger partial charge < -0.3 is 9.47 Å². The first-order valence-electron chi connectivity index (χ1n) is 14.8. The Hall–Kier alpha value is -4.70. The molecule has 0 unspecified atom stereocenters. The van der Waals surface area contributed by atoms with Crippen molar-refractivity contribution in [2.75, 3.05) is 18.0 Å². The Balaban J connectivity index is 1.50. The largest absolute Gasteiger partial charge is 0.493 e. The van der Waals surface area contributed by atoms with E-state index in [1.807, 2.05) is 50.2 Å². The van der Waals surface area contributed by atoms with E-state index in [-0.39, 0.29) is 18.9 Å². The summed E-state index contributed by atoms with van der Waals surface area (Å²) >= 11 is 0. The lowest BCUT2D eigenvalue weighted by atomic mass is 9.94. The van der Waals surface area contributed by atoms with Gasteiger partial charge in [0.15, 0.2) is 4.90 Å². The summed E-state index contributed by atoms with van der Waals surface area (Å²) in [6.07, 6.45) is 3.04. The summed E-state index contributed by atoms with van der Waals surface area (Å²) in [6.45, 7) is 4.73. The minimum absolute atomic E-state index is 0.0651. The van der Waals surface area contributed by atoms with Crippen LogP contribution in [0.4, 0.5) is 11.4 Å². The molecule has 9 nitrogen and oxygen atoms in total. The topological polar surface area (TPSA) is 116 Å². The lowest BCUT2D eigenvalue weighted by molar-refractivity contribution is -0.387. The minimum Gasteiger partial charge on any atom is -0.493 e. The van der Waals surface area contributed by atoms with Gasteiger partial charge in [-0.1, -0.05) is 42.5 Å². The number of anilines is 1. The quantitative estimate of drug-likeness (QED) is 0.0876. The highest BCUT2D eigenvalue weighted by atomic mass is 32.2. The molecule has 0 aromatic heterocycles. The molecule has 0 bridgehead atoms. The minimum atomic E-state index is -4.38. The van der Waals surface area contributed by atoms with E-state index in [9.17, 15) is 23.3 Å². The van der Waals surface area contributed by atoms with Gasteiger partial charge in [-0.05, 0) is 109 Å². The molecule has 1 aliphatic carbocycles. The second-order valence-electron chi connectivity index (χ2n) is 11.4. The number of nitro groups is 1.